The average Bonchev–Trinajstić information content (AvgIpc) is 3.43. The molecule has 2 N–H and O–H groups in total. The van der Waals surface area contributed by atoms with Crippen molar-refractivity contribution in [2.75, 3.05) is 5.32 Å². The van der Waals surface area contributed by atoms with E-state index in [1.165, 1.54) is 22.9 Å². The first-order chi connectivity index (χ1) is 20.6. The number of halogens is 1. The van der Waals surface area contributed by atoms with Crippen LogP contribution in [0.2, 0.25) is 5.02 Å². The van der Waals surface area contributed by atoms with Crippen molar-refractivity contribution in [1.29, 1.82) is 5.26 Å². The summed E-state index contributed by atoms with van der Waals surface area (Å²) in [4.78, 5) is 13.9. The first kappa shape index (κ1) is 27.5. The van der Waals surface area contributed by atoms with E-state index in [-0.39, 0.29) is 0 Å². The van der Waals surface area contributed by atoms with Crippen LogP contribution in [0.1, 0.15) is 16.7 Å². The van der Waals surface area contributed by atoms with Gasteiger partial charge in [0.05, 0.1) is 21.8 Å². The Morgan fingerprint density at radius 2 is 1.74 bits per heavy atom. The van der Waals surface area contributed by atoms with Crippen LogP contribution in [0.5, 0.6) is 0 Å². The summed E-state index contributed by atoms with van der Waals surface area (Å²) in [7, 11) is 1.95. The van der Waals surface area contributed by atoms with Gasteiger partial charge in [-0.25, -0.2) is 4.98 Å². The van der Waals surface area contributed by atoms with Gasteiger partial charge in [0.25, 0.3) is 0 Å². The van der Waals surface area contributed by atoms with Crippen molar-refractivity contribution in [1.82, 2.24) is 24.8 Å². The van der Waals surface area contributed by atoms with Gasteiger partial charge < -0.3 is 15.2 Å². The molecule has 42 heavy (non-hydrogen) atoms. The zero-order chi connectivity index (χ0) is 28.9. The standard InChI is InChI=1S/C33H26ClN7S/c1-41-14-13-38-33(41)42-31-8-6-27(17-29(31)34)40-32-26(18-35)21-39-30-16-25(5-7-28(30)32)24-4-2-3-23(15-24)20-37-19-22-9-11-36-12-10-22/h2-17,21,37H,19-20H2,1H3,(H,39,40). The van der Waals surface area contributed by atoms with Crippen LogP contribution in [-0.4, -0.2) is 19.5 Å². The van der Waals surface area contributed by atoms with Crippen LogP contribution < -0.4 is 10.6 Å². The topological polar surface area (TPSA) is 91.5 Å². The van der Waals surface area contributed by atoms with Crippen LogP contribution in [0.4, 0.5) is 11.4 Å². The molecule has 3 heterocycles. The first-order valence-corrected chi connectivity index (χ1v) is 14.5. The highest BCUT2D eigenvalue weighted by Crippen LogP contribution is 2.36. The molecule has 0 bridgehead atoms. The molecule has 0 radical (unpaired) electrons. The monoisotopic (exact) mass is 587 g/mol. The van der Waals surface area contributed by atoms with Gasteiger partial charge in [0.15, 0.2) is 5.16 Å². The summed E-state index contributed by atoms with van der Waals surface area (Å²) in [6.45, 7) is 1.53. The summed E-state index contributed by atoms with van der Waals surface area (Å²) in [6.07, 6.45) is 8.88. The number of nitrogens with one attached hydrogen (secondary N) is 2. The van der Waals surface area contributed by atoms with Crippen molar-refractivity contribution in [3.63, 3.8) is 0 Å². The summed E-state index contributed by atoms with van der Waals surface area (Å²) >= 11 is 8.14. The Bertz CT molecular complexity index is 1910. The number of aryl methyl sites for hydroxylation is 1. The van der Waals surface area contributed by atoms with Crippen LogP contribution in [0.3, 0.4) is 0 Å². The number of aromatic nitrogens is 4. The van der Waals surface area contributed by atoms with E-state index < -0.39 is 0 Å². The van der Waals surface area contributed by atoms with E-state index in [4.69, 9.17) is 11.6 Å². The highest BCUT2D eigenvalue weighted by molar-refractivity contribution is 7.99. The summed E-state index contributed by atoms with van der Waals surface area (Å²) in [5.74, 6) is 0. The Kier molecular flexibility index (Phi) is 8.15. The summed E-state index contributed by atoms with van der Waals surface area (Å²) in [5.41, 5.74) is 7.28. The lowest BCUT2D eigenvalue weighted by Gasteiger charge is -2.14. The molecule has 206 valence electrons. The normalized spacial score (nSPS) is 11.0. The molecule has 0 atom stereocenters. The second-order valence-electron chi connectivity index (χ2n) is 9.74. The van der Waals surface area contributed by atoms with Crippen LogP contribution in [0.25, 0.3) is 22.0 Å². The maximum Gasteiger partial charge on any atom is 0.172 e. The SMILES string of the molecule is Cn1ccnc1Sc1ccc(Nc2c(C#N)cnc3cc(-c4cccc(CNCc5ccncc5)c4)ccc23)cc1Cl. The van der Waals surface area contributed by atoms with Gasteiger partial charge >= 0.3 is 0 Å². The number of imidazole rings is 1. The number of fused-ring (bicyclic) bond motifs is 1. The lowest BCUT2D eigenvalue weighted by Crippen LogP contribution is -2.12. The number of hydrogen-bond donors (Lipinski definition) is 2. The number of anilines is 2. The second kappa shape index (κ2) is 12.5. The lowest BCUT2D eigenvalue weighted by molar-refractivity contribution is 0.693. The quantitative estimate of drug-likeness (QED) is 0.179. The molecule has 6 rings (SSSR count). The number of nitrogens with zero attached hydrogens (tertiary/aromatic N) is 5. The van der Waals surface area contributed by atoms with Crippen LogP contribution in [-0.2, 0) is 20.1 Å². The largest absolute Gasteiger partial charge is 0.354 e. The Hall–Kier alpha value is -4.68. The Morgan fingerprint density at radius 3 is 2.52 bits per heavy atom. The minimum Gasteiger partial charge on any atom is -0.354 e. The molecule has 6 aromatic rings. The lowest BCUT2D eigenvalue weighted by atomic mass is 10.00. The average molecular weight is 588 g/mol. The van der Waals surface area contributed by atoms with E-state index in [1.54, 1.807) is 24.8 Å². The van der Waals surface area contributed by atoms with Crippen molar-refractivity contribution < 1.29 is 0 Å². The molecule has 0 fully saturated rings. The number of nitriles is 1. The molecule has 0 spiro atoms. The van der Waals surface area contributed by atoms with Gasteiger partial charge in [-0.1, -0.05) is 53.7 Å². The third-order valence-electron chi connectivity index (χ3n) is 6.84. The van der Waals surface area contributed by atoms with E-state index in [1.807, 2.05) is 54.2 Å². The van der Waals surface area contributed by atoms with Crippen molar-refractivity contribution in [3.8, 4) is 17.2 Å². The highest BCUT2D eigenvalue weighted by Gasteiger charge is 2.13. The fourth-order valence-corrected chi connectivity index (χ4v) is 5.76. The summed E-state index contributed by atoms with van der Waals surface area (Å²) in [5, 5.41) is 19.1. The van der Waals surface area contributed by atoms with E-state index in [2.05, 4.69) is 68.1 Å². The summed E-state index contributed by atoms with van der Waals surface area (Å²) < 4.78 is 1.95. The zero-order valence-electron chi connectivity index (χ0n) is 22.8. The molecule has 0 saturated heterocycles. The molecule has 0 amide bonds. The smallest absolute Gasteiger partial charge is 0.172 e. The molecule has 3 aromatic carbocycles. The minimum atomic E-state index is 0.458. The Labute approximate surface area is 253 Å². The second-order valence-corrected chi connectivity index (χ2v) is 11.2. The van der Waals surface area contributed by atoms with Gasteiger partial charge in [0.2, 0.25) is 0 Å². The Balaban J connectivity index is 1.23. The van der Waals surface area contributed by atoms with Crippen LogP contribution in [0.15, 0.2) is 114 Å². The van der Waals surface area contributed by atoms with E-state index >= 15 is 0 Å². The number of pyridine rings is 2. The van der Waals surface area contributed by atoms with Gasteiger partial charge in [-0.2, -0.15) is 5.26 Å². The van der Waals surface area contributed by atoms with Crippen molar-refractivity contribution in [2.45, 2.75) is 23.1 Å². The molecular weight excluding hydrogens is 562 g/mol. The van der Waals surface area contributed by atoms with Crippen molar-refractivity contribution in [3.05, 3.63) is 125 Å². The van der Waals surface area contributed by atoms with Crippen LogP contribution in [0, 0.1) is 11.3 Å². The highest BCUT2D eigenvalue weighted by atomic mass is 35.5. The fourth-order valence-electron chi connectivity index (χ4n) is 4.66. The van der Waals surface area contributed by atoms with E-state index in [0.717, 1.165) is 50.9 Å². The molecule has 0 saturated carbocycles. The van der Waals surface area contributed by atoms with E-state index in [9.17, 15) is 5.26 Å². The van der Waals surface area contributed by atoms with E-state index in [0.29, 0.717) is 16.3 Å². The third-order valence-corrected chi connectivity index (χ3v) is 8.41. The molecule has 0 aliphatic carbocycles. The number of benzene rings is 3. The van der Waals surface area contributed by atoms with Gasteiger partial charge in [-0.05, 0) is 64.7 Å². The van der Waals surface area contributed by atoms with Crippen LogP contribution >= 0.6 is 23.4 Å². The van der Waals surface area contributed by atoms with Gasteiger partial charge in [0, 0.05) is 67.1 Å². The maximum atomic E-state index is 9.85. The fraction of sp³-hybridized carbons (Fsp3) is 0.0909. The molecular formula is C33H26ClN7S. The van der Waals surface area contributed by atoms with Crippen molar-refractivity contribution >= 4 is 45.6 Å². The molecule has 0 unspecified atom stereocenters. The molecule has 0 aliphatic heterocycles. The van der Waals surface area contributed by atoms with Gasteiger partial charge in [-0.15, -0.1) is 0 Å². The molecule has 7 nitrogen and oxygen atoms in total. The first-order valence-electron chi connectivity index (χ1n) is 13.3. The number of rotatable bonds is 9. The molecule has 9 heteroatoms. The molecule has 0 aliphatic rings. The van der Waals surface area contributed by atoms with Gasteiger partial charge in [-0.3, -0.25) is 9.97 Å². The third kappa shape index (κ3) is 6.14. The van der Waals surface area contributed by atoms with Gasteiger partial charge in [0.1, 0.15) is 6.07 Å². The molecule has 3 aromatic heterocycles. The summed E-state index contributed by atoms with van der Waals surface area (Å²) in [6, 6.07) is 26.7. The maximum absolute atomic E-state index is 9.85. The minimum absolute atomic E-state index is 0.458. The predicted octanol–water partition coefficient (Wildman–Crippen LogP) is 7.74. The number of hydrogen-bond acceptors (Lipinski definition) is 7. The zero-order valence-corrected chi connectivity index (χ0v) is 24.3. The predicted molar refractivity (Wildman–Crippen MR) is 169 cm³/mol. The Morgan fingerprint density at radius 1 is 0.905 bits per heavy atom. The van der Waals surface area contributed by atoms with Crippen molar-refractivity contribution in [2.24, 2.45) is 7.05 Å².